The Morgan fingerprint density at radius 1 is 1.32 bits per heavy atom. The maximum atomic E-state index is 10.1. The molecule has 0 aromatic carbocycles. The van der Waals surface area contributed by atoms with Crippen LogP contribution in [0.3, 0.4) is 0 Å². The van der Waals surface area contributed by atoms with Crippen molar-refractivity contribution in [3.63, 3.8) is 0 Å². The summed E-state index contributed by atoms with van der Waals surface area (Å²) in [4.78, 5) is 0. The van der Waals surface area contributed by atoms with E-state index in [1.54, 1.807) is 26.2 Å². The predicted octanol–water partition coefficient (Wildman–Crippen LogP) is 4.38. The number of hydrogen-bond acceptors (Lipinski definition) is 3. The van der Waals surface area contributed by atoms with Gasteiger partial charge in [0.2, 0.25) is 0 Å². The average Bonchev–Trinajstić information content (AvgIpc) is 2.36. The van der Waals surface area contributed by atoms with Crippen LogP contribution in [-0.4, -0.2) is 29.7 Å². The highest BCUT2D eigenvalue weighted by Gasteiger charge is 2.35. The fraction of sp³-hybridized carbons (Fsp3) is 0.684. The molecule has 0 amide bonds. The first kappa shape index (κ1) is 19.1. The number of hydrogen-bond donors (Lipinski definition) is 1. The average molecular weight is 308 g/mol. The van der Waals surface area contributed by atoms with Crippen LogP contribution in [-0.2, 0) is 9.47 Å². The molecule has 1 unspecified atom stereocenters. The fourth-order valence-corrected chi connectivity index (χ4v) is 3.00. The third kappa shape index (κ3) is 5.08. The Kier molecular flexibility index (Phi) is 5.82. The third-order valence-corrected chi connectivity index (χ3v) is 4.40. The lowest BCUT2D eigenvalue weighted by atomic mass is 9.71. The lowest BCUT2D eigenvalue weighted by Crippen LogP contribution is -2.38. The standard InChI is InChI=1S/C19H32O3/c1-9-19(7,20)11-10-16-14(2)12-15(13-17(16,3)4)22-18(5,6)21-8/h9-11,15,20H,1,12-13H2,2-8H3/b11-10+/t15?,19-/m1/s1. The fourth-order valence-electron chi connectivity index (χ4n) is 3.00. The van der Waals surface area contributed by atoms with Gasteiger partial charge in [0.25, 0.3) is 0 Å². The normalized spacial score (nSPS) is 25.4. The summed E-state index contributed by atoms with van der Waals surface area (Å²) >= 11 is 0. The van der Waals surface area contributed by atoms with Gasteiger partial charge in [-0.15, -0.1) is 0 Å². The van der Waals surface area contributed by atoms with Crippen molar-refractivity contribution in [2.45, 2.75) is 71.9 Å². The van der Waals surface area contributed by atoms with Crippen LogP contribution < -0.4 is 0 Å². The number of rotatable bonds is 6. The van der Waals surface area contributed by atoms with Gasteiger partial charge >= 0.3 is 0 Å². The van der Waals surface area contributed by atoms with E-state index in [4.69, 9.17) is 9.47 Å². The highest BCUT2D eigenvalue weighted by Crippen LogP contribution is 2.43. The van der Waals surface area contributed by atoms with Gasteiger partial charge < -0.3 is 14.6 Å². The molecule has 1 aliphatic carbocycles. The minimum Gasteiger partial charge on any atom is -0.382 e. The highest BCUT2D eigenvalue weighted by molar-refractivity contribution is 5.35. The first-order chi connectivity index (χ1) is 9.92. The molecule has 0 saturated heterocycles. The highest BCUT2D eigenvalue weighted by atomic mass is 16.7. The summed E-state index contributed by atoms with van der Waals surface area (Å²) < 4.78 is 11.5. The smallest absolute Gasteiger partial charge is 0.162 e. The van der Waals surface area contributed by atoms with Crippen LogP contribution in [0.5, 0.6) is 0 Å². The van der Waals surface area contributed by atoms with E-state index in [2.05, 4.69) is 27.4 Å². The van der Waals surface area contributed by atoms with Crippen molar-refractivity contribution in [3.8, 4) is 0 Å². The predicted molar refractivity (Wildman–Crippen MR) is 91.6 cm³/mol. The Balaban J connectivity index is 2.99. The Labute approximate surface area is 135 Å². The van der Waals surface area contributed by atoms with Gasteiger partial charge in [0.1, 0.15) is 0 Å². The second-order valence-corrected chi connectivity index (χ2v) is 7.59. The van der Waals surface area contributed by atoms with Crippen LogP contribution >= 0.6 is 0 Å². The largest absolute Gasteiger partial charge is 0.382 e. The van der Waals surface area contributed by atoms with Gasteiger partial charge in [0, 0.05) is 7.11 Å². The molecule has 2 atom stereocenters. The lowest BCUT2D eigenvalue weighted by molar-refractivity contribution is -0.228. The van der Waals surface area contributed by atoms with Crippen molar-refractivity contribution in [1.29, 1.82) is 0 Å². The summed E-state index contributed by atoms with van der Waals surface area (Å²) in [5.41, 5.74) is 1.58. The molecule has 0 bridgehead atoms. The van der Waals surface area contributed by atoms with E-state index in [0.717, 1.165) is 12.8 Å². The van der Waals surface area contributed by atoms with Gasteiger partial charge in [-0.2, -0.15) is 0 Å². The van der Waals surface area contributed by atoms with E-state index < -0.39 is 11.4 Å². The minimum absolute atomic E-state index is 0.00935. The monoisotopic (exact) mass is 308 g/mol. The molecular weight excluding hydrogens is 276 g/mol. The summed E-state index contributed by atoms with van der Waals surface area (Å²) in [7, 11) is 1.67. The van der Waals surface area contributed by atoms with Gasteiger partial charge in [-0.1, -0.05) is 38.2 Å². The van der Waals surface area contributed by atoms with E-state index in [9.17, 15) is 5.11 Å². The molecule has 0 spiro atoms. The van der Waals surface area contributed by atoms with Crippen LogP contribution in [0.1, 0.15) is 54.4 Å². The van der Waals surface area contributed by atoms with Crippen molar-refractivity contribution in [2.75, 3.05) is 7.11 Å². The Bertz CT molecular complexity index is 467. The van der Waals surface area contributed by atoms with Gasteiger partial charge in [0.05, 0.1) is 11.7 Å². The molecule has 0 heterocycles. The second-order valence-electron chi connectivity index (χ2n) is 7.59. The molecule has 0 aromatic rings. The summed E-state index contributed by atoms with van der Waals surface area (Å²) in [6.45, 7) is 15.8. The van der Waals surface area contributed by atoms with E-state index in [1.165, 1.54) is 11.1 Å². The van der Waals surface area contributed by atoms with Crippen LogP contribution in [0.4, 0.5) is 0 Å². The molecular formula is C19H32O3. The van der Waals surface area contributed by atoms with E-state index in [1.807, 2.05) is 19.9 Å². The summed E-state index contributed by atoms with van der Waals surface area (Å²) in [5.74, 6) is -0.569. The van der Waals surface area contributed by atoms with Crippen molar-refractivity contribution >= 4 is 0 Å². The topological polar surface area (TPSA) is 38.7 Å². The Hall–Kier alpha value is -0.900. The Morgan fingerprint density at radius 3 is 2.36 bits per heavy atom. The zero-order valence-corrected chi connectivity index (χ0v) is 15.2. The molecule has 0 radical (unpaired) electrons. The first-order valence-electron chi connectivity index (χ1n) is 7.91. The zero-order chi connectivity index (χ0) is 17.2. The maximum absolute atomic E-state index is 10.1. The summed E-state index contributed by atoms with van der Waals surface area (Å²) in [6.07, 6.45) is 7.33. The van der Waals surface area contributed by atoms with Crippen LogP contribution in [0, 0.1) is 5.41 Å². The molecule has 126 valence electrons. The van der Waals surface area contributed by atoms with Gasteiger partial charge in [-0.3, -0.25) is 0 Å². The number of aliphatic hydroxyl groups is 1. The van der Waals surface area contributed by atoms with Gasteiger partial charge in [0.15, 0.2) is 5.79 Å². The molecule has 3 heteroatoms. The van der Waals surface area contributed by atoms with Crippen molar-refractivity contribution < 1.29 is 14.6 Å². The third-order valence-electron chi connectivity index (χ3n) is 4.40. The summed E-state index contributed by atoms with van der Waals surface area (Å²) in [5, 5.41) is 10.1. The van der Waals surface area contributed by atoms with Crippen LogP contribution in [0.25, 0.3) is 0 Å². The number of ether oxygens (including phenoxy) is 2. The van der Waals surface area contributed by atoms with Crippen LogP contribution in [0.15, 0.2) is 36.0 Å². The summed E-state index contributed by atoms with van der Waals surface area (Å²) in [6, 6.07) is 0. The first-order valence-corrected chi connectivity index (χ1v) is 7.91. The molecule has 3 nitrogen and oxygen atoms in total. The Morgan fingerprint density at radius 2 is 1.91 bits per heavy atom. The quantitative estimate of drug-likeness (QED) is 0.584. The molecule has 0 saturated carbocycles. The van der Waals surface area contributed by atoms with E-state index in [-0.39, 0.29) is 11.5 Å². The van der Waals surface area contributed by atoms with E-state index >= 15 is 0 Å². The molecule has 22 heavy (non-hydrogen) atoms. The molecule has 0 fully saturated rings. The number of allylic oxidation sites excluding steroid dienone is 2. The minimum atomic E-state index is -0.977. The second kappa shape index (κ2) is 6.69. The van der Waals surface area contributed by atoms with Crippen molar-refractivity contribution in [1.82, 2.24) is 0 Å². The SMILES string of the molecule is C=C[C@@](C)(O)/C=C/C1=C(C)CC(OC(C)(C)OC)CC1(C)C. The van der Waals surface area contributed by atoms with E-state index in [0.29, 0.717) is 0 Å². The number of methoxy groups -OCH3 is 1. The maximum Gasteiger partial charge on any atom is 0.162 e. The molecule has 0 aromatic heterocycles. The zero-order valence-electron chi connectivity index (χ0n) is 15.2. The molecule has 1 N–H and O–H groups in total. The lowest BCUT2D eigenvalue weighted by Gasteiger charge is -2.40. The van der Waals surface area contributed by atoms with Crippen molar-refractivity contribution in [2.24, 2.45) is 5.41 Å². The molecule has 0 aliphatic heterocycles. The van der Waals surface area contributed by atoms with Crippen LogP contribution in [0.2, 0.25) is 0 Å². The van der Waals surface area contributed by atoms with Gasteiger partial charge in [-0.05, 0) is 57.6 Å². The van der Waals surface area contributed by atoms with Gasteiger partial charge in [-0.25, -0.2) is 0 Å². The molecule has 1 rings (SSSR count). The molecule has 1 aliphatic rings. The van der Waals surface area contributed by atoms with Crippen molar-refractivity contribution in [3.05, 3.63) is 36.0 Å².